The molecule has 9 heteroatoms. The lowest BCUT2D eigenvalue weighted by Gasteiger charge is -2.10. The number of rotatable bonds is 5. The van der Waals surface area contributed by atoms with Crippen molar-refractivity contribution < 1.29 is 0 Å². The molecule has 0 aromatic carbocycles. The van der Waals surface area contributed by atoms with Gasteiger partial charge in [-0.3, -0.25) is 9.67 Å². The van der Waals surface area contributed by atoms with Gasteiger partial charge in [0.05, 0.1) is 5.69 Å². The number of aryl methyl sites for hydroxylation is 2. The van der Waals surface area contributed by atoms with E-state index in [0.717, 1.165) is 28.0 Å². The monoisotopic (exact) mass is 443 g/mol. The van der Waals surface area contributed by atoms with Crippen LogP contribution in [0.1, 0.15) is 39.3 Å². The molecule has 33 heavy (non-hydrogen) atoms. The van der Waals surface area contributed by atoms with Gasteiger partial charge in [0.15, 0.2) is 11.6 Å². The van der Waals surface area contributed by atoms with Gasteiger partial charge in [-0.05, 0) is 44.5 Å². The minimum atomic E-state index is 0.296. The summed E-state index contributed by atoms with van der Waals surface area (Å²) in [5.74, 6) is 1.92. The fourth-order valence-electron chi connectivity index (χ4n) is 3.59. The van der Waals surface area contributed by atoms with Gasteiger partial charge in [-0.1, -0.05) is 13.8 Å². The van der Waals surface area contributed by atoms with Crippen molar-refractivity contribution in [1.29, 1.82) is 0 Å². The molecule has 5 heterocycles. The van der Waals surface area contributed by atoms with Crippen molar-refractivity contribution in [3.05, 3.63) is 60.9 Å². The number of fused-ring (bicyclic) bond motifs is 1. The molecule has 5 aromatic heterocycles. The third-order valence-corrected chi connectivity index (χ3v) is 5.26. The molecular weight excluding hydrogens is 414 g/mol. The highest BCUT2D eigenvalue weighted by Gasteiger charge is 2.19. The highest BCUT2D eigenvalue weighted by molar-refractivity contribution is 5.84. The zero-order valence-corrected chi connectivity index (χ0v) is 19.9. The van der Waals surface area contributed by atoms with Crippen molar-refractivity contribution in [2.24, 2.45) is 7.05 Å². The lowest BCUT2D eigenvalue weighted by Crippen LogP contribution is -2.06. The minimum absolute atomic E-state index is 0.296. The summed E-state index contributed by atoms with van der Waals surface area (Å²) in [6.45, 7) is 10.3. The summed E-state index contributed by atoms with van der Waals surface area (Å²) in [5.41, 5.74) is 4.77. The molecule has 0 spiro atoms. The molecule has 0 aliphatic rings. The lowest BCUT2D eigenvalue weighted by molar-refractivity contribution is 0.534. The molecule has 9 nitrogen and oxygen atoms in total. The van der Waals surface area contributed by atoms with E-state index in [1.54, 1.807) is 18.6 Å². The zero-order valence-electron chi connectivity index (χ0n) is 19.9. The Labute approximate surface area is 193 Å². The molecule has 0 unspecified atom stereocenters. The number of hydrogen-bond acceptors (Lipinski definition) is 6. The number of imidazole rings is 1. The van der Waals surface area contributed by atoms with Crippen molar-refractivity contribution in [1.82, 2.24) is 38.9 Å². The predicted molar refractivity (Wildman–Crippen MR) is 130 cm³/mol. The first kappa shape index (κ1) is 22.2. The highest BCUT2D eigenvalue weighted by atomic mass is 15.3. The molecule has 0 aliphatic heterocycles. The predicted octanol–water partition coefficient (Wildman–Crippen LogP) is 5.05. The van der Waals surface area contributed by atoms with Crippen LogP contribution in [-0.4, -0.2) is 38.9 Å². The quantitative estimate of drug-likeness (QED) is 0.409. The molecular formula is C24H29N9. The maximum absolute atomic E-state index is 4.83. The highest BCUT2D eigenvalue weighted by Crippen LogP contribution is 2.32. The number of nitrogens with one attached hydrogen (secondary N) is 1. The summed E-state index contributed by atoms with van der Waals surface area (Å²) >= 11 is 0. The Hall–Kier alpha value is -4.01. The van der Waals surface area contributed by atoms with Gasteiger partial charge in [0.2, 0.25) is 5.82 Å². The maximum atomic E-state index is 4.83. The molecule has 0 radical (unpaired) electrons. The molecule has 0 saturated heterocycles. The number of pyridine rings is 1. The van der Waals surface area contributed by atoms with Gasteiger partial charge >= 0.3 is 0 Å². The van der Waals surface area contributed by atoms with E-state index in [2.05, 4.69) is 36.1 Å². The SMILES string of the molecule is CC.Cc1c(-c2ccn(C(C)C)n2)cn2nc(-c3nccn3C)nc(Nc3ccncc3)c12. The second-order valence-corrected chi connectivity index (χ2v) is 7.74. The fourth-order valence-corrected chi connectivity index (χ4v) is 3.59. The smallest absolute Gasteiger partial charge is 0.218 e. The molecule has 0 bridgehead atoms. The summed E-state index contributed by atoms with van der Waals surface area (Å²) in [5, 5.41) is 12.9. The van der Waals surface area contributed by atoms with Gasteiger partial charge in [-0.25, -0.2) is 14.5 Å². The van der Waals surface area contributed by atoms with Crippen LogP contribution >= 0.6 is 0 Å². The largest absolute Gasteiger partial charge is 0.338 e. The Balaban J connectivity index is 0.00000126. The molecule has 170 valence electrons. The Bertz CT molecular complexity index is 1360. The fraction of sp³-hybridized carbons (Fsp3) is 0.292. The first-order chi connectivity index (χ1) is 16.0. The summed E-state index contributed by atoms with van der Waals surface area (Å²) in [6.07, 6.45) is 11.1. The van der Waals surface area contributed by atoms with Crippen LogP contribution in [0.25, 0.3) is 28.4 Å². The third-order valence-electron chi connectivity index (χ3n) is 5.26. The van der Waals surface area contributed by atoms with Gasteiger partial charge in [0.25, 0.3) is 0 Å². The van der Waals surface area contributed by atoms with Crippen molar-refractivity contribution in [2.75, 3.05) is 5.32 Å². The van der Waals surface area contributed by atoms with Crippen LogP contribution in [0.15, 0.2) is 55.4 Å². The number of nitrogens with zero attached hydrogens (tertiary/aromatic N) is 8. The van der Waals surface area contributed by atoms with E-state index in [0.29, 0.717) is 23.5 Å². The summed E-state index contributed by atoms with van der Waals surface area (Å²) in [7, 11) is 1.93. The van der Waals surface area contributed by atoms with Crippen LogP contribution in [-0.2, 0) is 7.05 Å². The van der Waals surface area contributed by atoms with E-state index in [4.69, 9.17) is 15.2 Å². The van der Waals surface area contributed by atoms with Crippen LogP contribution in [0.3, 0.4) is 0 Å². The van der Waals surface area contributed by atoms with Gasteiger partial charge in [0, 0.05) is 61.5 Å². The Morgan fingerprint density at radius 1 is 0.970 bits per heavy atom. The average molecular weight is 444 g/mol. The minimum Gasteiger partial charge on any atom is -0.338 e. The standard InChI is InChI=1S/C22H23N9.C2H6/c1-14(2)30-11-7-18(27-30)17-13-31-19(15(17)3)20(25-16-5-8-23-9-6-16)26-21(28-31)22-24-10-12-29(22)4;1-2/h5-14H,1-4H3,(H,23,25,26,28);1-2H3. The van der Waals surface area contributed by atoms with Gasteiger partial charge in [0.1, 0.15) is 5.52 Å². The Kier molecular flexibility index (Phi) is 6.21. The normalized spacial score (nSPS) is 11.0. The molecule has 0 aliphatic carbocycles. The summed E-state index contributed by atoms with van der Waals surface area (Å²) in [4.78, 5) is 13.3. The molecule has 0 saturated carbocycles. The van der Waals surface area contributed by atoms with Gasteiger partial charge in [-0.2, -0.15) is 5.10 Å². The van der Waals surface area contributed by atoms with Gasteiger partial charge < -0.3 is 9.88 Å². The Morgan fingerprint density at radius 3 is 2.36 bits per heavy atom. The van der Waals surface area contributed by atoms with E-state index >= 15 is 0 Å². The van der Waals surface area contributed by atoms with Crippen LogP contribution in [0.2, 0.25) is 0 Å². The van der Waals surface area contributed by atoms with Crippen LogP contribution in [0.4, 0.5) is 11.5 Å². The van der Waals surface area contributed by atoms with Crippen molar-refractivity contribution >= 4 is 17.0 Å². The first-order valence-electron chi connectivity index (χ1n) is 11.1. The average Bonchev–Trinajstić information content (AvgIpc) is 3.55. The summed E-state index contributed by atoms with van der Waals surface area (Å²) in [6, 6.07) is 6.14. The van der Waals surface area contributed by atoms with E-state index in [9.17, 15) is 0 Å². The molecule has 1 N–H and O–H groups in total. The van der Waals surface area contributed by atoms with E-state index in [-0.39, 0.29) is 0 Å². The lowest BCUT2D eigenvalue weighted by atomic mass is 10.1. The number of hydrogen-bond donors (Lipinski definition) is 1. The second kappa shape index (κ2) is 9.23. The zero-order chi connectivity index (χ0) is 23.5. The topological polar surface area (TPSA) is 90.8 Å². The molecule has 0 fully saturated rings. The molecule has 0 atom stereocenters. The van der Waals surface area contributed by atoms with Crippen LogP contribution < -0.4 is 5.32 Å². The second-order valence-electron chi connectivity index (χ2n) is 7.74. The number of aromatic nitrogens is 8. The molecule has 5 aromatic rings. The van der Waals surface area contributed by atoms with Crippen LogP contribution in [0, 0.1) is 6.92 Å². The van der Waals surface area contributed by atoms with Crippen molar-refractivity contribution in [3.8, 4) is 22.9 Å². The third kappa shape index (κ3) is 4.21. The molecule has 5 rings (SSSR count). The van der Waals surface area contributed by atoms with E-state index in [1.165, 1.54) is 0 Å². The summed E-state index contributed by atoms with van der Waals surface area (Å²) < 4.78 is 5.72. The van der Waals surface area contributed by atoms with E-state index in [1.807, 2.05) is 71.4 Å². The molecule has 0 amide bonds. The Morgan fingerprint density at radius 2 is 1.73 bits per heavy atom. The maximum Gasteiger partial charge on any atom is 0.218 e. The van der Waals surface area contributed by atoms with Crippen molar-refractivity contribution in [2.45, 2.75) is 40.7 Å². The van der Waals surface area contributed by atoms with Crippen molar-refractivity contribution in [3.63, 3.8) is 0 Å². The first-order valence-corrected chi connectivity index (χ1v) is 11.1. The number of anilines is 2. The van der Waals surface area contributed by atoms with E-state index < -0.39 is 0 Å². The van der Waals surface area contributed by atoms with Gasteiger partial charge in [-0.15, -0.1) is 5.10 Å². The van der Waals surface area contributed by atoms with Crippen LogP contribution in [0.5, 0.6) is 0 Å².